The quantitative estimate of drug-likeness (QED) is 0.914. The summed E-state index contributed by atoms with van der Waals surface area (Å²) >= 11 is 0. The Labute approximate surface area is 117 Å². The molecule has 2 aromatic rings. The summed E-state index contributed by atoms with van der Waals surface area (Å²) in [6.07, 6.45) is 1.83. The molecule has 0 spiro atoms. The van der Waals surface area contributed by atoms with Gasteiger partial charge in [-0.25, -0.2) is 9.37 Å². The largest absolute Gasteiger partial charge is 0.494 e. The van der Waals surface area contributed by atoms with E-state index in [2.05, 4.69) is 9.55 Å². The number of imidazole rings is 1. The Bertz CT molecular complexity index is 651. The summed E-state index contributed by atoms with van der Waals surface area (Å²) in [5, 5.41) is 0. The number of fused-ring (bicyclic) bond motifs is 1. The van der Waals surface area contributed by atoms with Crippen molar-refractivity contribution in [3.63, 3.8) is 0 Å². The molecule has 1 aromatic heterocycles. The zero-order chi connectivity index (χ0) is 14.3. The van der Waals surface area contributed by atoms with E-state index >= 15 is 0 Å². The molecule has 2 heterocycles. The summed E-state index contributed by atoms with van der Waals surface area (Å²) in [6.45, 7) is 2.79. The van der Waals surface area contributed by atoms with Crippen LogP contribution in [0.2, 0.25) is 0 Å². The van der Waals surface area contributed by atoms with Crippen LogP contribution in [0.15, 0.2) is 18.2 Å². The highest BCUT2D eigenvalue weighted by atomic mass is 19.1. The lowest BCUT2D eigenvalue weighted by Crippen LogP contribution is -2.32. The van der Waals surface area contributed by atoms with Gasteiger partial charge in [0.25, 0.3) is 0 Å². The Morgan fingerprint density at radius 1 is 1.45 bits per heavy atom. The van der Waals surface area contributed by atoms with E-state index in [4.69, 9.17) is 10.5 Å². The lowest BCUT2D eigenvalue weighted by Gasteiger charge is -2.21. The molecule has 2 N–H and O–H groups in total. The highest BCUT2D eigenvalue weighted by Crippen LogP contribution is 2.29. The number of ether oxygens (including phenoxy) is 1. The molecule has 0 amide bonds. The van der Waals surface area contributed by atoms with Crippen LogP contribution in [-0.4, -0.2) is 22.7 Å². The molecule has 1 aliphatic rings. The van der Waals surface area contributed by atoms with Gasteiger partial charge in [0.15, 0.2) is 11.6 Å². The van der Waals surface area contributed by atoms with Gasteiger partial charge in [0, 0.05) is 30.3 Å². The number of aryl methyl sites for hydroxylation is 1. The fraction of sp³-hybridized carbons (Fsp3) is 0.400. The first-order chi connectivity index (χ1) is 9.60. The van der Waals surface area contributed by atoms with Crippen molar-refractivity contribution in [1.29, 1.82) is 0 Å². The number of nitrogens with two attached hydrogens (primary N) is 1. The summed E-state index contributed by atoms with van der Waals surface area (Å²) < 4.78 is 20.9. The third kappa shape index (κ3) is 2.08. The van der Waals surface area contributed by atoms with Crippen molar-refractivity contribution >= 4 is 0 Å². The molecule has 0 aliphatic carbocycles. The van der Waals surface area contributed by atoms with Crippen LogP contribution < -0.4 is 10.5 Å². The average molecular weight is 275 g/mol. The molecule has 1 aliphatic heterocycles. The maximum atomic E-state index is 13.8. The van der Waals surface area contributed by atoms with E-state index in [9.17, 15) is 4.39 Å². The Balaban J connectivity index is 2.05. The van der Waals surface area contributed by atoms with Crippen molar-refractivity contribution in [3.05, 3.63) is 35.5 Å². The van der Waals surface area contributed by atoms with Crippen LogP contribution in [-0.2, 0) is 13.0 Å². The van der Waals surface area contributed by atoms with E-state index < -0.39 is 0 Å². The smallest absolute Gasteiger partial charge is 0.165 e. The molecule has 4 nitrogen and oxygen atoms in total. The Hall–Kier alpha value is -1.88. The Morgan fingerprint density at radius 2 is 2.25 bits per heavy atom. The molecule has 0 bridgehead atoms. The first kappa shape index (κ1) is 13.1. The fourth-order valence-corrected chi connectivity index (χ4v) is 2.75. The van der Waals surface area contributed by atoms with E-state index in [-0.39, 0.29) is 17.6 Å². The van der Waals surface area contributed by atoms with E-state index in [1.54, 1.807) is 6.07 Å². The molecule has 3 rings (SSSR count). The number of hydrogen-bond donors (Lipinski definition) is 1. The average Bonchev–Trinajstić information content (AvgIpc) is 2.76. The molecule has 1 aromatic carbocycles. The summed E-state index contributed by atoms with van der Waals surface area (Å²) in [5.41, 5.74) is 8.65. The van der Waals surface area contributed by atoms with Gasteiger partial charge in [-0.2, -0.15) is 0 Å². The molecule has 20 heavy (non-hydrogen) atoms. The van der Waals surface area contributed by atoms with E-state index in [0.717, 1.165) is 42.2 Å². The second-order valence-corrected chi connectivity index (χ2v) is 5.22. The van der Waals surface area contributed by atoms with Crippen molar-refractivity contribution < 1.29 is 9.13 Å². The van der Waals surface area contributed by atoms with Gasteiger partial charge < -0.3 is 15.0 Å². The van der Waals surface area contributed by atoms with Crippen LogP contribution in [0.4, 0.5) is 4.39 Å². The Kier molecular flexibility index (Phi) is 3.22. The number of benzene rings is 1. The molecule has 1 unspecified atom stereocenters. The SMILES string of the molecule is COc1ccc(-c2nc3n(c2C)CC(N)CC3)cc1F. The van der Waals surface area contributed by atoms with Gasteiger partial charge in [0.2, 0.25) is 0 Å². The predicted molar refractivity (Wildman–Crippen MR) is 75.2 cm³/mol. The van der Waals surface area contributed by atoms with Gasteiger partial charge in [-0.3, -0.25) is 0 Å². The van der Waals surface area contributed by atoms with Crippen molar-refractivity contribution in [1.82, 2.24) is 9.55 Å². The van der Waals surface area contributed by atoms with Crippen LogP contribution in [0, 0.1) is 12.7 Å². The number of aromatic nitrogens is 2. The third-order valence-corrected chi connectivity index (χ3v) is 3.88. The first-order valence-electron chi connectivity index (χ1n) is 6.75. The normalized spacial score (nSPS) is 17.9. The van der Waals surface area contributed by atoms with Crippen molar-refractivity contribution in [2.75, 3.05) is 7.11 Å². The summed E-state index contributed by atoms with van der Waals surface area (Å²) in [4.78, 5) is 4.65. The molecule has 106 valence electrons. The van der Waals surface area contributed by atoms with Crippen molar-refractivity contribution in [3.8, 4) is 17.0 Å². The molecular formula is C15H18FN3O. The second kappa shape index (κ2) is 4.90. The molecule has 1 atom stereocenters. The molecule has 5 heteroatoms. The number of nitrogens with zero attached hydrogens (tertiary/aromatic N) is 2. The maximum Gasteiger partial charge on any atom is 0.165 e. The van der Waals surface area contributed by atoms with Crippen LogP contribution in [0.25, 0.3) is 11.3 Å². The molecular weight excluding hydrogens is 257 g/mol. The minimum Gasteiger partial charge on any atom is -0.494 e. The molecule has 0 fully saturated rings. The van der Waals surface area contributed by atoms with Crippen LogP contribution in [0.1, 0.15) is 17.9 Å². The fourth-order valence-electron chi connectivity index (χ4n) is 2.75. The van der Waals surface area contributed by atoms with Gasteiger partial charge >= 0.3 is 0 Å². The lowest BCUT2D eigenvalue weighted by atomic mass is 10.1. The van der Waals surface area contributed by atoms with E-state index in [1.807, 2.05) is 13.0 Å². The molecule has 0 radical (unpaired) electrons. The minimum atomic E-state index is -0.368. The third-order valence-electron chi connectivity index (χ3n) is 3.88. The molecule has 0 saturated heterocycles. The lowest BCUT2D eigenvalue weighted by molar-refractivity contribution is 0.386. The summed E-state index contributed by atoms with van der Waals surface area (Å²) in [7, 11) is 1.46. The summed E-state index contributed by atoms with van der Waals surface area (Å²) in [5.74, 6) is 0.917. The topological polar surface area (TPSA) is 53.1 Å². The van der Waals surface area contributed by atoms with Crippen LogP contribution in [0.5, 0.6) is 5.75 Å². The van der Waals surface area contributed by atoms with Gasteiger partial charge in [-0.05, 0) is 31.5 Å². The van der Waals surface area contributed by atoms with Gasteiger partial charge in [0.1, 0.15) is 5.82 Å². The van der Waals surface area contributed by atoms with E-state index in [1.165, 1.54) is 13.2 Å². The summed E-state index contributed by atoms with van der Waals surface area (Å²) in [6, 6.07) is 5.12. The number of halogens is 1. The van der Waals surface area contributed by atoms with Crippen molar-refractivity contribution in [2.45, 2.75) is 32.4 Å². The highest BCUT2D eigenvalue weighted by Gasteiger charge is 2.22. The standard InChI is InChI=1S/C15H18FN3O/c1-9-15(10-3-5-13(20-2)12(16)7-10)18-14-6-4-11(17)8-19(9)14/h3,5,7,11H,4,6,8,17H2,1-2H3. The number of rotatable bonds is 2. The van der Waals surface area contributed by atoms with Crippen molar-refractivity contribution in [2.24, 2.45) is 5.73 Å². The molecule has 0 saturated carbocycles. The Morgan fingerprint density at radius 3 is 2.95 bits per heavy atom. The van der Waals surface area contributed by atoms with Gasteiger partial charge in [-0.15, -0.1) is 0 Å². The predicted octanol–water partition coefficient (Wildman–Crippen LogP) is 2.28. The monoisotopic (exact) mass is 275 g/mol. The van der Waals surface area contributed by atoms with Crippen LogP contribution >= 0.6 is 0 Å². The minimum absolute atomic E-state index is 0.177. The zero-order valence-corrected chi connectivity index (χ0v) is 11.7. The second-order valence-electron chi connectivity index (χ2n) is 5.22. The first-order valence-corrected chi connectivity index (χ1v) is 6.75. The zero-order valence-electron chi connectivity index (χ0n) is 11.7. The van der Waals surface area contributed by atoms with Gasteiger partial charge in [-0.1, -0.05) is 0 Å². The van der Waals surface area contributed by atoms with Crippen LogP contribution in [0.3, 0.4) is 0 Å². The van der Waals surface area contributed by atoms with E-state index in [0.29, 0.717) is 0 Å². The number of hydrogen-bond acceptors (Lipinski definition) is 3. The highest BCUT2D eigenvalue weighted by molar-refractivity contribution is 5.63. The van der Waals surface area contributed by atoms with Gasteiger partial charge in [0.05, 0.1) is 12.8 Å². The maximum absolute atomic E-state index is 13.8. The number of methoxy groups -OCH3 is 1.